The largest absolute Gasteiger partial charge is 0.417 e. The molecule has 1 heterocycles. The number of oxazole rings is 1. The number of rotatable bonds is 1. The minimum atomic E-state index is -0.632. The number of H-pyrrole nitrogens is 1. The molecule has 0 aliphatic carbocycles. The van der Waals surface area contributed by atoms with Crippen LogP contribution in [-0.2, 0) is 0 Å². The lowest BCUT2D eigenvalue weighted by Gasteiger charge is -1.93. The minimum Gasteiger partial charge on any atom is -0.408 e. The number of nitro benzene ring substituents is 1. The van der Waals surface area contributed by atoms with E-state index in [1.165, 1.54) is 12.1 Å². The Morgan fingerprint density at radius 1 is 1.50 bits per heavy atom. The third-order valence-electron chi connectivity index (χ3n) is 1.69. The van der Waals surface area contributed by atoms with Crippen molar-refractivity contribution in [3.05, 3.63) is 37.3 Å². The highest BCUT2D eigenvalue weighted by Crippen LogP contribution is 2.28. The van der Waals surface area contributed by atoms with Gasteiger partial charge in [0.05, 0.1) is 21.0 Å². The summed E-state index contributed by atoms with van der Waals surface area (Å²) in [6.45, 7) is 0. The van der Waals surface area contributed by atoms with Crippen LogP contribution < -0.4 is 5.76 Å². The molecule has 1 aromatic carbocycles. The summed E-state index contributed by atoms with van der Waals surface area (Å²) in [6.07, 6.45) is 0. The molecule has 0 spiro atoms. The normalized spacial score (nSPS) is 10.6. The molecule has 0 atom stereocenters. The molecule has 2 aromatic rings. The molecule has 7 heteroatoms. The smallest absolute Gasteiger partial charge is 0.408 e. The molecule has 72 valence electrons. The first-order chi connectivity index (χ1) is 6.58. The second-order valence-corrected chi connectivity index (χ2v) is 3.43. The van der Waals surface area contributed by atoms with Crippen LogP contribution in [0.1, 0.15) is 0 Å². The molecule has 1 N–H and O–H groups in total. The molecule has 1 aromatic heterocycles. The van der Waals surface area contributed by atoms with E-state index in [0.717, 1.165) is 0 Å². The van der Waals surface area contributed by atoms with Crippen LogP contribution >= 0.6 is 15.9 Å². The first-order valence-corrected chi connectivity index (χ1v) is 4.34. The van der Waals surface area contributed by atoms with Crippen LogP contribution in [0.15, 0.2) is 25.8 Å². The van der Waals surface area contributed by atoms with Gasteiger partial charge in [-0.3, -0.25) is 15.1 Å². The highest BCUT2D eigenvalue weighted by atomic mass is 79.9. The lowest BCUT2D eigenvalue weighted by Crippen LogP contribution is -1.92. The van der Waals surface area contributed by atoms with Gasteiger partial charge in [0.2, 0.25) is 0 Å². The fourth-order valence-electron chi connectivity index (χ4n) is 1.10. The molecule has 0 saturated heterocycles. The molecule has 0 unspecified atom stereocenters. The second-order valence-electron chi connectivity index (χ2n) is 2.57. The fourth-order valence-corrected chi connectivity index (χ4v) is 1.59. The average molecular weight is 259 g/mol. The van der Waals surface area contributed by atoms with Gasteiger partial charge in [-0.05, 0) is 22.0 Å². The highest BCUT2D eigenvalue weighted by Gasteiger charge is 2.15. The van der Waals surface area contributed by atoms with Crippen molar-refractivity contribution in [3.63, 3.8) is 0 Å². The number of fused-ring (bicyclic) bond motifs is 1. The molecule has 0 aliphatic rings. The van der Waals surface area contributed by atoms with E-state index in [0.29, 0.717) is 9.99 Å². The Labute approximate surface area is 84.8 Å². The maximum absolute atomic E-state index is 10.8. The molecule has 0 aliphatic heterocycles. The second kappa shape index (κ2) is 2.95. The van der Waals surface area contributed by atoms with Gasteiger partial charge in [0.25, 0.3) is 5.69 Å². The Balaban J connectivity index is 2.82. The van der Waals surface area contributed by atoms with Crippen molar-refractivity contribution in [3.8, 4) is 0 Å². The maximum atomic E-state index is 10.8. The van der Waals surface area contributed by atoms with Gasteiger partial charge in [0.15, 0.2) is 5.58 Å². The summed E-state index contributed by atoms with van der Waals surface area (Å²) in [5.74, 6) is -0.632. The predicted octanol–water partition coefficient (Wildman–Crippen LogP) is 1.79. The molecular weight excluding hydrogens is 256 g/mol. The predicted molar refractivity (Wildman–Crippen MR) is 51.2 cm³/mol. The number of nitrogens with one attached hydrogen (secondary N) is 1. The number of halogens is 1. The molecule has 0 amide bonds. The molecule has 6 nitrogen and oxygen atoms in total. The van der Waals surface area contributed by atoms with Gasteiger partial charge in [-0.25, -0.2) is 4.79 Å². The number of hydrogen-bond donors (Lipinski definition) is 1. The zero-order chi connectivity index (χ0) is 10.3. The zero-order valence-electron chi connectivity index (χ0n) is 6.61. The van der Waals surface area contributed by atoms with Crippen molar-refractivity contribution in [1.82, 2.24) is 4.98 Å². The maximum Gasteiger partial charge on any atom is 0.417 e. The summed E-state index contributed by atoms with van der Waals surface area (Å²) in [5.41, 5.74) is 0.456. The number of aromatic amines is 1. The van der Waals surface area contributed by atoms with Gasteiger partial charge in [-0.2, -0.15) is 0 Å². The Morgan fingerprint density at radius 2 is 2.21 bits per heavy atom. The SMILES string of the molecule is O=c1[nH]c2cc(Br)c([N+](=O)[O-])cc2o1. The third kappa shape index (κ3) is 1.31. The Kier molecular flexibility index (Phi) is 1.88. The lowest BCUT2D eigenvalue weighted by molar-refractivity contribution is -0.385. The van der Waals surface area contributed by atoms with Crippen molar-refractivity contribution in [1.29, 1.82) is 0 Å². The van der Waals surface area contributed by atoms with Crippen LogP contribution in [0.25, 0.3) is 11.1 Å². The van der Waals surface area contributed by atoms with Crippen LogP contribution in [0.2, 0.25) is 0 Å². The molecule has 2 rings (SSSR count). The first kappa shape index (κ1) is 8.95. The summed E-state index contributed by atoms with van der Waals surface area (Å²) in [7, 11) is 0. The number of benzene rings is 1. The summed E-state index contributed by atoms with van der Waals surface area (Å²) in [5, 5.41) is 10.5. The number of nitro groups is 1. The highest BCUT2D eigenvalue weighted by molar-refractivity contribution is 9.10. The van der Waals surface area contributed by atoms with E-state index in [9.17, 15) is 14.9 Å². The van der Waals surface area contributed by atoms with Gasteiger partial charge in [-0.1, -0.05) is 0 Å². The van der Waals surface area contributed by atoms with Gasteiger partial charge >= 0.3 is 5.76 Å². The van der Waals surface area contributed by atoms with E-state index in [1.807, 2.05) is 0 Å². The summed E-state index contributed by atoms with van der Waals surface area (Å²) in [6, 6.07) is 2.62. The van der Waals surface area contributed by atoms with Crippen molar-refractivity contribution < 1.29 is 9.34 Å². The number of nitrogens with zero attached hydrogens (tertiary/aromatic N) is 1. The van der Waals surface area contributed by atoms with E-state index < -0.39 is 10.7 Å². The lowest BCUT2D eigenvalue weighted by atomic mass is 10.3. The molecular formula is C7H3BrN2O4. The van der Waals surface area contributed by atoms with Crippen molar-refractivity contribution >= 4 is 32.7 Å². The van der Waals surface area contributed by atoms with Crippen LogP contribution in [-0.4, -0.2) is 9.91 Å². The quantitative estimate of drug-likeness (QED) is 0.624. The van der Waals surface area contributed by atoms with Crippen LogP contribution in [0, 0.1) is 10.1 Å². The molecule has 0 bridgehead atoms. The molecule has 0 fully saturated rings. The topological polar surface area (TPSA) is 89.1 Å². The third-order valence-corrected chi connectivity index (χ3v) is 2.32. The van der Waals surface area contributed by atoms with Gasteiger partial charge in [0.1, 0.15) is 0 Å². The van der Waals surface area contributed by atoms with Gasteiger partial charge < -0.3 is 4.42 Å². The van der Waals surface area contributed by atoms with Gasteiger partial charge in [-0.15, -0.1) is 0 Å². The number of aromatic nitrogens is 1. The molecule has 0 radical (unpaired) electrons. The van der Waals surface area contributed by atoms with E-state index >= 15 is 0 Å². The van der Waals surface area contributed by atoms with E-state index in [-0.39, 0.29) is 11.3 Å². The van der Waals surface area contributed by atoms with Crippen molar-refractivity contribution in [2.24, 2.45) is 0 Å². The average Bonchev–Trinajstić information content (AvgIpc) is 2.42. The van der Waals surface area contributed by atoms with E-state index in [1.54, 1.807) is 0 Å². The molecule has 14 heavy (non-hydrogen) atoms. The standard InChI is InChI=1S/C7H3BrN2O4/c8-3-1-4-6(14-7(11)9-4)2-5(3)10(12)13/h1-2H,(H,9,11). The fraction of sp³-hybridized carbons (Fsp3) is 0. The van der Waals surface area contributed by atoms with Gasteiger partial charge in [0, 0.05) is 0 Å². The van der Waals surface area contributed by atoms with Crippen LogP contribution in [0.5, 0.6) is 0 Å². The monoisotopic (exact) mass is 258 g/mol. The van der Waals surface area contributed by atoms with E-state index in [4.69, 9.17) is 0 Å². The zero-order valence-corrected chi connectivity index (χ0v) is 8.20. The Bertz CT molecular complexity index is 571. The summed E-state index contributed by atoms with van der Waals surface area (Å²) < 4.78 is 4.98. The summed E-state index contributed by atoms with van der Waals surface area (Å²) >= 11 is 3.02. The molecule has 0 saturated carbocycles. The Morgan fingerprint density at radius 3 is 2.86 bits per heavy atom. The Hall–Kier alpha value is -1.63. The number of hydrogen-bond acceptors (Lipinski definition) is 4. The minimum absolute atomic E-state index is 0.139. The summed E-state index contributed by atoms with van der Waals surface area (Å²) in [4.78, 5) is 23.1. The van der Waals surface area contributed by atoms with Crippen molar-refractivity contribution in [2.45, 2.75) is 0 Å². The first-order valence-electron chi connectivity index (χ1n) is 3.54. The van der Waals surface area contributed by atoms with Crippen molar-refractivity contribution in [2.75, 3.05) is 0 Å². The van der Waals surface area contributed by atoms with E-state index in [2.05, 4.69) is 25.3 Å². The van der Waals surface area contributed by atoms with Crippen LogP contribution in [0.4, 0.5) is 5.69 Å². The van der Waals surface area contributed by atoms with Crippen LogP contribution in [0.3, 0.4) is 0 Å².